The molecule has 0 radical (unpaired) electrons. The maximum Gasteiger partial charge on any atom is 0.411 e. The lowest BCUT2D eigenvalue weighted by atomic mass is 10.0. The highest BCUT2D eigenvalue weighted by Gasteiger charge is 2.39. The maximum absolute atomic E-state index is 12.1. The van der Waals surface area contributed by atoms with Crippen LogP contribution in [0.3, 0.4) is 0 Å². The van der Waals surface area contributed by atoms with Gasteiger partial charge in [-0.3, -0.25) is 4.90 Å². The first-order valence-electron chi connectivity index (χ1n) is 6.04. The first-order valence-corrected chi connectivity index (χ1v) is 6.04. The predicted octanol–water partition coefficient (Wildman–Crippen LogP) is 1.33. The highest BCUT2D eigenvalue weighted by atomic mass is 16.6. The molecule has 0 saturated carbocycles. The van der Waals surface area contributed by atoms with E-state index in [4.69, 9.17) is 4.74 Å². The number of carbonyl (C=O) groups excluding carboxylic acids is 1. The largest absolute Gasteiger partial charge is 0.479 e. The van der Waals surface area contributed by atoms with Crippen molar-refractivity contribution in [3.63, 3.8) is 0 Å². The number of aromatic amines is 1. The molecule has 1 amide bonds. The Balaban J connectivity index is 2.27. The van der Waals surface area contributed by atoms with Gasteiger partial charge < -0.3 is 14.8 Å². The molecule has 2 rings (SSSR count). The van der Waals surface area contributed by atoms with Crippen LogP contribution in [0.25, 0.3) is 0 Å². The lowest BCUT2D eigenvalue weighted by Crippen LogP contribution is -2.45. The summed E-state index contributed by atoms with van der Waals surface area (Å²) in [6.07, 6.45) is 1.35. The van der Waals surface area contributed by atoms with E-state index < -0.39 is 23.7 Å². The monoisotopic (exact) mass is 267 g/mol. The van der Waals surface area contributed by atoms with Crippen molar-refractivity contribution in [2.24, 2.45) is 0 Å². The normalized spacial score (nSPS) is 18.9. The van der Waals surface area contributed by atoms with Gasteiger partial charge in [-0.1, -0.05) is 0 Å². The van der Waals surface area contributed by atoms with Gasteiger partial charge in [0, 0.05) is 18.7 Å². The van der Waals surface area contributed by atoms with E-state index in [1.165, 1.54) is 11.2 Å². The number of nitrogens with one attached hydrogen (secondary N) is 1. The van der Waals surface area contributed by atoms with E-state index in [1.54, 1.807) is 20.8 Å². The molecule has 1 aromatic heterocycles. The van der Waals surface area contributed by atoms with Crippen LogP contribution < -0.4 is 0 Å². The summed E-state index contributed by atoms with van der Waals surface area (Å²) >= 11 is 0. The van der Waals surface area contributed by atoms with E-state index in [9.17, 15) is 14.7 Å². The van der Waals surface area contributed by atoms with Gasteiger partial charge in [-0.2, -0.15) is 0 Å². The maximum atomic E-state index is 12.1. The molecular formula is C12H17N3O4. The Morgan fingerprint density at radius 3 is 2.79 bits per heavy atom. The van der Waals surface area contributed by atoms with Crippen molar-refractivity contribution in [2.45, 2.75) is 38.8 Å². The van der Waals surface area contributed by atoms with Crippen molar-refractivity contribution < 1.29 is 19.4 Å². The van der Waals surface area contributed by atoms with E-state index in [-0.39, 0.29) is 0 Å². The molecule has 19 heavy (non-hydrogen) atoms. The van der Waals surface area contributed by atoms with E-state index in [0.717, 1.165) is 5.69 Å². The van der Waals surface area contributed by atoms with Crippen LogP contribution in [-0.4, -0.2) is 44.2 Å². The molecule has 1 aromatic rings. The number of imidazole rings is 1. The molecule has 2 heterocycles. The molecule has 2 N–H and O–H groups in total. The smallest absolute Gasteiger partial charge is 0.411 e. The fourth-order valence-corrected chi connectivity index (χ4v) is 2.04. The van der Waals surface area contributed by atoms with E-state index in [0.29, 0.717) is 18.7 Å². The lowest BCUT2D eigenvalue weighted by Gasteiger charge is -2.33. The van der Waals surface area contributed by atoms with Gasteiger partial charge in [0.2, 0.25) is 0 Å². The topological polar surface area (TPSA) is 95.5 Å². The minimum absolute atomic E-state index is 0.293. The number of nitrogens with zero attached hydrogens (tertiary/aromatic N) is 2. The number of aromatic nitrogens is 2. The summed E-state index contributed by atoms with van der Waals surface area (Å²) < 4.78 is 5.23. The predicted molar refractivity (Wildman–Crippen MR) is 65.6 cm³/mol. The van der Waals surface area contributed by atoms with E-state index >= 15 is 0 Å². The Bertz CT molecular complexity index is 503. The first kappa shape index (κ1) is 13.4. The van der Waals surface area contributed by atoms with Crippen LogP contribution in [0.1, 0.15) is 38.2 Å². The van der Waals surface area contributed by atoms with Crippen molar-refractivity contribution in [3.05, 3.63) is 17.7 Å². The third kappa shape index (κ3) is 2.69. The molecule has 0 saturated heterocycles. The van der Waals surface area contributed by atoms with Gasteiger partial charge in [0.05, 0.1) is 12.0 Å². The molecule has 0 fully saturated rings. The molecule has 1 atom stereocenters. The number of fused-ring (bicyclic) bond motifs is 1. The number of hydrogen-bond donors (Lipinski definition) is 2. The highest BCUT2D eigenvalue weighted by Crippen LogP contribution is 2.28. The molecular weight excluding hydrogens is 250 g/mol. The van der Waals surface area contributed by atoms with Crippen molar-refractivity contribution in [1.29, 1.82) is 0 Å². The van der Waals surface area contributed by atoms with Gasteiger partial charge in [-0.15, -0.1) is 0 Å². The van der Waals surface area contributed by atoms with Gasteiger partial charge >= 0.3 is 12.1 Å². The van der Waals surface area contributed by atoms with Crippen molar-refractivity contribution >= 4 is 12.1 Å². The molecule has 1 aliphatic heterocycles. The molecule has 0 bridgehead atoms. The Labute approximate surface area is 110 Å². The minimum atomic E-state index is -1.11. The lowest BCUT2D eigenvalue weighted by molar-refractivity contribution is -0.144. The fraction of sp³-hybridized carbons (Fsp3) is 0.583. The summed E-state index contributed by atoms with van der Waals surface area (Å²) in [5.41, 5.74) is 0.475. The Kier molecular flexibility index (Phi) is 3.21. The number of amides is 1. The van der Waals surface area contributed by atoms with Gasteiger partial charge in [-0.25, -0.2) is 14.6 Å². The second-order valence-corrected chi connectivity index (χ2v) is 5.43. The van der Waals surface area contributed by atoms with Gasteiger partial charge in [0.15, 0.2) is 6.04 Å². The second kappa shape index (κ2) is 4.56. The van der Waals surface area contributed by atoms with E-state index in [2.05, 4.69) is 9.97 Å². The van der Waals surface area contributed by atoms with Gasteiger partial charge in [0.25, 0.3) is 0 Å². The second-order valence-electron chi connectivity index (χ2n) is 5.43. The number of aliphatic carboxylic acids is 1. The zero-order valence-electron chi connectivity index (χ0n) is 11.1. The van der Waals surface area contributed by atoms with Crippen LogP contribution >= 0.6 is 0 Å². The van der Waals surface area contributed by atoms with Crippen molar-refractivity contribution in [1.82, 2.24) is 14.9 Å². The zero-order chi connectivity index (χ0) is 14.2. The average Bonchev–Trinajstić information content (AvgIpc) is 2.72. The minimum Gasteiger partial charge on any atom is -0.479 e. The molecule has 0 aliphatic carbocycles. The quantitative estimate of drug-likeness (QED) is 0.800. The van der Waals surface area contributed by atoms with Crippen LogP contribution in [0.15, 0.2) is 6.33 Å². The molecule has 0 spiro atoms. The van der Waals surface area contributed by atoms with Crippen LogP contribution in [-0.2, 0) is 16.0 Å². The number of carboxylic acid groups (broad SMARTS) is 1. The van der Waals surface area contributed by atoms with Gasteiger partial charge in [-0.05, 0) is 20.8 Å². The zero-order valence-corrected chi connectivity index (χ0v) is 11.1. The standard InChI is InChI=1S/C12H17N3O4/c1-12(2,3)19-11(18)15-5-4-7-8(14-6-13-7)9(15)10(16)17/h6,9H,4-5H2,1-3H3,(H,13,14)(H,16,17)/t9-/m1/s1. The number of H-pyrrole nitrogens is 1. The Hall–Kier alpha value is -2.05. The summed E-state index contributed by atoms with van der Waals surface area (Å²) in [4.78, 5) is 31.6. The molecule has 0 aromatic carbocycles. The number of rotatable bonds is 1. The molecule has 0 unspecified atom stereocenters. The Morgan fingerprint density at radius 1 is 1.53 bits per heavy atom. The number of carboxylic acids is 1. The van der Waals surface area contributed by atoms with Crippen LogP contribution in [0.4, 0.5) is 4.79 Å². The summed E-state index contributed by atoms with van der Waals surface area (Å²) in [7, 11) is 0. The van der Waals surface area contributed by atoms with Crippen LogP contribution in [0, 0.1) is 0 Å². The molecule has 7 heteroatoms. The van der Waals surface area contributed by atoms with Crippen LogP contribution in [0.5, 0.6) is 0 Å². The summed E-state index contributed by atoms with van der Waals surface area (Å²) in [6, 6.07) is -1.09. The van der Waals surface area contributed by atoms with E-state index in [1.807, 2.05) is 0 Å². The number of hydrogen-bond acceptors (Lipinski definition) is 4. The van der Waals surface area contributed by atoms with Gasteiger partial charge in [0.1, 0.15) is 5.60 Å². The fourth-order valence-electron chi connectivity index (χ4n) is 2.04. The van der Waals surface area contributed by atoms with Crippen molar-refractivity contribution in [3.8, 4) is 0 Å². The SMILES string of the molecule is CC(C)(C)OC(=O)N1CCc2[nH]cnc2[C@@H]1C(=O)O. The third-order valence-electron chi connectivity index (χ3n) is 2.79. The number of ether oxygens (including phenoxy) is 1. The molecule has 104 valence electrons. The molecule has 7 nitrogen and oxygen atoms in total. The summed E-state index contributed by atoms with van der Waals surface area (Å²) in [6.45, 7) is 5.51. The first-order chi connectivity index (χ1) is 8.79. The third-order valence-corrected chi connectivity index (χ3v) is 2.79. The average molecular weight is 267 g/mol. The summed E-state index contributed by atoms with van der Waals surface area (Å²) in [5, 5.41) is 9.32. The van der Waals surface area contributed by atoms with Crippen LogP contribution in [0.2, 0.25) is 0 Å². The number of carbonyl (C=O) groups is 2. The Morgan fingerprint density at radius 2 is 2.21 bits per heavy atom. The molecule has 1 aliphatic rings. The van der Waals surface area contributed by atoms with Crippen molar-refractivity contribution in [2.75, 3.05) is 6.54 Å². The summed E-state index contributed by atoms with van der Waals surface area (Å²) in [5.74, 6) is -1.11. The highest BCUT2D eigenvalue weighted by molar-refractivity contribution is 5.82.